The molecule has 2 aromatic rings. The molecule has 154 valence electrons. The Morgan fingerprint density at radius 1 is 1.17 bits per heavy atom. The highest BCUT2D eigenvalue weighted by molar-refractivity contribution is 5.86. The lowest BCUT2D eigenvalue weighted by Crippen LogP contribution is -2.44. The molecule has 2 heterocycles. The van der Waals surface area contributed by atoms with E-state index in [-0.39, 0.29) is 12.5 Å². The van der Waals surface area contributed by atoms with Gasteiger partial charge < -0.3 is 20.3 Å². The average molecular weight is 396 g/mol. The average Bonchev–Trinajstić information content (AvgIpc) is 3.30. The molecule has 0 saturated carbocycles. The summed E-state index contributed by atoms with van der Waals surface area (Å²) in [5.41, 5.74) is 1.92. The molecule has 1 aromatic heterocycles. The molecule has 0 radical (unpaired) electrons. The summed E-state index contributed by atoms with van der Waals surface area (Å²) < 4.78 is 5.83. The number of carbonyl (C=O) groups excluding carboxylic acids is 1. The SMILES string of the molecule is CCNC(=NCc1cccc(OCc2ccccn2)c1)NCC(=O)N1CCCC1. The molecule has 0 spiro atoms. The molecule has 1 aromatic carbocycles. The smallest absolute Gasteiger partial charge is 0.241 e. The maximum atomic E-state index is 12.2. The number of likely N-dealkylation sites (tertiary alicyclic amines) is 1. The van der Waals surface area contributed by atoms with Crippen molar-refractivity contribution in [2.75, 3.05) is 26.2 Å². The summed E-state index contributed by atoms with van der Waals surface area (Å²) in [7, 11) is 0. The molecule has 0 atom stereocenters. The number of aromatic nitrogens is 1. The van der Waals surface area contributed by atoms with Crippen LogP contribution in [0.25, 0.3) is 0 Å². The molecule has 0 unspecified atom stereocenters. The molecule has 29 heavy (non-hydrogen) atoms. The molecule has 1 saturated heterocycles. The molecule has 7 heteroatoms. The Bertz CT molecular complexity index is 804. The zero-order valence-corrected chi connectivity index (χ0v) is 16.9. The number of benzene rings is 1. The lowest BCUT2D eigenvalue weighted by atomic mass is 10.2. The van der Waals surface area contributed by atoms with E-state index < -0.39 is 0 Å². The van der Waals surface area contributed by atoms with Gasteiger partial charge in [-0.15, -0.1) is 0 Å². The fourth-order valence-corrected chi connectivity index (χ4v) is 3.12. The van der Waals surface area contributed by atoms with Gasteiger partial charge in [0, 0.05) is 25.8 Å². The fourth-order valence-electron chi connectivity index (χ4n) is 3.12. The normalized spacial score (nSPS) is 14.0. The summed E-state index contributed by atoms with van der Waals surface area (Å²) in [6.07, 6.45) is 3.95. The number of aliphatic imine (C=N–C) groups is 1. The summed E-state index contributed by atoms with van der Waals surface area (Å²) in [5.74, 6) is 1.54. The predicted molar refractivity (Wildman–Crippen MR) is 114 cm³/mol. The van der Waals surface area contributed by atoms with Crippen LogP contribution in [0.5, 0.6) is 5.75 Å². The Hall–Kier alpha value is -3.09. The van der Waals surface area contributed by atoms with Gasteiger partial charge in [0.1, 0.15) is 12.4 Å². The number of nitrogens with one attached hydrogen (secondary N) is 2. The first-order chi connectivity index (χ1) is 14.2. The molecule has 1 aliphatic rings. The van der Waals surface area contributed by atoms with Gasteiger partial charge in [0.25, 0.3) is 0 Å². The number of amides is 1. The number of guanidine groups is 1. The second-order valence-electron chi connectivity index (χ2n) is 6.89. The van der Waals surface area contributed by atoms with Crippen LogP contribution in [0.1, 0.15) is 31.0 Å². The van der Waals surface area contributed by atoms with Gasteiger partial charge in [-0.2, -0.15) is 0 Å². The van der Waals surface area contributed by atoms with Crippen LogP contribution < -0.4 is 15.4 Å². The second kappa shape index (κ2) is 11.0. The first-order valence-corrected chi connectivity index (χ1v) is 10.2. The van der Waals surface area contributed by atoms with Gasteiger partial charge in [-0.05, 0) is 49.6 Å². The Labute approximate surface area is 172 Å². The minimum Gasteiger partial charge on any atom is -0.487 e. The maximum absolute atomic E-state index is 12.2. The third-order valence-corrected chi connectivity index (χ3v) is 4.64. The number of pyridine rings is 1. The van der Waals surface area contributed by atoms with Crippen molar-refractivity contribution in [3.05, 3.63) is 59.9 Å². The van der Waals surface area contributed by atoms with E-state index in [2.05, 4.69) is 20.6 Å². The number of rotatable bonds is 8. The third-order valence-electron chi connectivity index (χ3n) is 4.64. The number of hydrogen-bond acceptors (Lipinski definition) is 4. The standard InChI is InChI=1S/C22H29N5O2/c1-2-23-22(26-16-21(28)27-12-5-6-13-27)25-15-18-8-7-10-20(14-18)29-17-19-9-3-4-11-24-19/h3-4,7-11,14H,2,5-6,12-13,15-17H2,1H3,(H2,23,25,26). The van der Waals surface area contributed by atoms with Gasteiger partial charge in [-0.3, -0.25) is 9.78 Å². The molecule has 2 N–H and O–H groups in total. The highest BCUT2D eigenvalue weighted by Gasteiger charge is 2.17. The van der Waals surface area contributed by atoms with Crippen molar-refractivity contribution in [3.8, 4) is 5.75 Å². The quantitative estimate of drug-likeness (QED) is 0.530. The second-order valence-corrected chi connectivity index (χ2v) is 6.89. The maximum Gasteiger partial charge on any atom is 0.241 e. The molecule has 1 aliphatic heterocycles. The summed E-state index contributed by atoms with van der Waals surface area (Å²) in [6.45, 7) is 5.64. The van der Waals surface area contributed by atoms with Gasteiger partial charge in [-0.25, -0.2) is 4.99 Å². The Morgan fingerprint density at radius 2 is 2.03 bits per heavy atom. The predicted octanol–water partition coefficient (Wildman–Crippen LogP) is 2.34. The monoisotopic (exact) mass is 395 g/mol. The lowest BCUT2D eigenvalue weighted by Gasteiger charge is -2.17. The molecule has 0 bridgehead atoms. The molecule has 1 fully saturated rings. The van der Waals surface area contributed by atoms with E-state index in [0.29, 0.717) is 19.1 Å². The summed E-state index contributed by atoms with van der Waals surface area (Å²) in [5, 5.41) is 6.33. The van der Waals surface area contributed by atoms with Gasteiger partial charge in [0.15, 0.2) is 5.96 Å². The third kappa shape index (κ3) is 6.78. The highest BCUT2D eigenvalue weighted by atomic mass is 16.5. The van der Waals surface area contributed by atoms with Crippen molar-refractivity contribution in [1.82, 2.24) is 20.5 Å². The molecular weight excluding hydrogens is 366 g/mol. The van der Waals surface area contributed by atoms with Crippen LogP contribution in [0.2, 0.25) is 0 Å². The van der Waals surface area contributed by atoms with Crippen LogP contribution in [0.3, 0.4) is 0 Å². The van der Waals surface area contributed by atoms with Crippen molar-refractivity contribution < 1.29 is 9.53 Å². The molecule has 3 rings (SSSR count). The van der Waals surface area contributed by atoms with Gasteiger partial charge in [-0.1, -0.05) is 18.2 Å². The highest BCUT2D eigenvalue weighted by Crippen LogP contribution is 2.15. The fraction of sp³-hybridized carbons (Fsp3) is 0.409. The van der Waals surface area contributed by atoms with Gasteiger partial charge >= 0.3 is 0 Å². The van der Waals surface area contributed by atoms with Crippen molar-refractivity contribution in [2.45, 2.75) is 32.9 Å². The first kappa shape index (κ1) is 20.6. The van der Waals surface area contributed by atoms with Crippen LogP contribution in [-0.4, -0.2) is 47.9 Å². The van der Waals surface area contributed by atoms with E-state index in [0.717, 1.165) is 49.5 Å². The summed E-state index contributed by atoms with van der Waals surface area (Å²) >= 11 is 0. The number of carbonyl (C=O) groups is 1. The number of ether oxygens (including phenoxy) is 1. The van der Waals surface area contributed by atoms with Gasteiger partial charge in [0.2, 0.25) is 5.91 Å². The molecule has 7 nitrogen and oxygen atoms in total. The van der Waals surface area contributed by atoms with E-state index in [1.165, 1.54) is 0 Å². The van der Waals surface area contributed by atoms with Crippen molar-refractivity contribution in [3.63, 3.8) is 0 Å². The zero-order valence-electron chi connectivity index (χ0n) is 16.9. The Balaban J connectivity index is 1.53. The zero-order chi connectivity index (χ0) is 20.3. The van der Waals surface area contributed by atoms with Crippen LogP contribution in [-0.2, 0) is 17.9 Å². The Morgan fingerprint density at radius 3 is 2.79 bits per heavy atom. The number of nitrogens with zero attached hydrogens (tertiary/aromatic N) is 3. The van der Waals surface area contributed by atoms with E-state index >= 15 is 0 Å². The minimum atomic E-state index is 0.123. The van der Waals surface area contributed by atoms with Gasteiger partial charge in [0.05, 0.1) is 18.8 Å². The van der Waals surface area contributed by atoms with Crippen LogP contribution in [0, 0.1) is 0 Å². The van der Waals surface area contributed by atoms with Crippen LogP contribution in [0.15, 0.2) is 53.7 Å². The lowest BCUT2D eigenvalue weighted by molar-refractivity contribution is -0.128. The van der Waals surface area contributed by atoms with Crippen molar-refractivity contribution in [1.29, 1.82) is 0 Å². The minimum absolute atomic E-state index is 0.123. The van der Waals surface area contributed by atoms with Crippen molar-refractivity contribution in [2.24, 2.45) is 4.99 Å². The molecular formula is C22H29N5O2. The molecule has 0 aliphatic carbocycles. The van der Waals surface area contributed by atoms with Crippen LogP contribution in [0.4, 0.5) is 0 Å². The molecule has 1 amide bonds. The van der Waals surface area contributed by atoms with E-state index in [1.54, 1.807) is 6.20 Å². The Kier molecular flexibility index (Phi) is 7.86. The van der Waals surface area contributed by atoms with E-state index in [4.69, 9.17) is 4.74 Å². The van der Waals surface area contributed by atoms with Crippen molar-refractivity contribution >= 4 is 11.9 Å². The summed E-state index contributed by atoms with van der Waals surface area (Å²) in [4.78, 5) is 23.0. The van der Waals surface area contributed by atoms with E-state index in [1.807, 2.05) is 54.3 Å². The largest absolute Gasteiger partial charge is 0.487 e. The van der Waals surface area contributed by atoms with E-state index in [9.17, 15) is 4.79 Å². The van der Waals surface area contributed by atoms with Crippen LogP contribution >= 0.6 is 0 Å². The topological polar surface area (TPSA) is 78.9 Å². The number of hydrogen-bond donors (Lipinski definition) is 2. The first-order valence-electron chi connectivity index (χ1n) is 10.2. The summed E-state index contributed by atoms with van der Waals surface area (Å²) in [6, 6.07) is 13.6.